The average Bonchev–Trinajstić information content (AvgIpc) is 3.16. The first-order valence-corrected chi connectivity index (χ1v) is 11.2. The largest absolute Gasteiger partial charge is 0.478 e. The molecule has 2 aromatic carbocycles. The van der Waals surface area contributed by atoms with Crippen LogP contribution in [0.5, 0.6) is 5.75 Å². The molecule has 0 fully saturated rings. The zero-order valence-corrected chi connectivity index (χ0v) is 19.0. The van der Waals surface area contributed by atoms with Gasteiger partial charge in [0, 0.05) is 5.56 Å². The number of fused-ring (bicyclic) bond motifs is 1. The Balaban J connectivity index is 1.96. The van der Waals surface area contributed by atoms with Crippen LogP contribution < -0.4 is 19.6 Å². The normalized spacial score (nSPS) is 15.4. The molecule has 1 atom stereocenters. The molecule has 0 aliphatic carbocycles. The number of thiazole rings is 1. The molecule has 0 spiro atoms. The van der Waals surface area contributed by atoms with Crippen LogP contribution in [-0.2, 0) is 9.53 Å². The Morgan fingerprint density at radius 1 is 1.21 bits per heavy atom. The summed E-state index contributed by atoms with van der Waals surface area (Å²) in [5.41, 5.74) is 2.17. The number of nitrogens with zero attached hydrogens (tertiary/aromatic N) is 3. The van der Waals surface area contributed by atoms with E-state index in [0.717, 1.165) is 5.56 Å². The van der Waals surface area contributed by atoms with Gasteiger partial charge >= 0.3 is 5.97 Å². The van der Waals surface area contributed by atoms with Gasteiger partial charge in [0.15, 0.2) is 11.4 Å². The fraction of sp³-hybridized carbons (Fsp3) is 0.200. The van der Waals surface area contributed by atoms with Crippen molar-refractivity contribution in [3.05, 3.63) is 96.7 Å². The third-order valence-electron chi connectivity index (χ3n) is 5.26. The molecule has 0 saturated heterocycles. The molecule has 1 aliphatic rings. The van der Waals surface area contributed by atoms with Crippen LogP contribution in [0.3, 0.4) is 0 Å². The highest BCUT2D eigenvalue weighted by Crippen LogP contribution is 2.31. The number of aromatic nitrogens is 1. The van der Waals surface area contributed by atoms with E-state index in [4.69, 9.17) is 14.7 Å². The molecule has 1 aromatic heterocycles. The Kier molecular flexibility index (Phi) is 6.52. The molecule has 3 aromatic rings. The highest BCUT2D eigenvalue weighted by Gasteiger charge is 2.33. The molecule has 1 aliphatic heterocycles. The number of rotatable bonds is 6. The quantitative estimate of drug-likeness (QED) is 0.529. The number of ether oxygens (including phenoxy) is 2. The third-order valence-corrected chi connectivity index (χ3v) is 6.25. The number of hydrogen-bond donors (Lipinski definition) is 0. The maximum atomic E-state index is 13.6. The van der Waals surface area contributed by atoms with Gasteiger partial charge in [0.1, 0.15) is 11.8 Å². The number of carbonyl (C=O) groups excluding carboxylic acids is 1. The summed E-state index contributed by atoms with van der Waals surface area (Å²) in [6.45, 7) is 1.82. The fourth-order valence-corrected chi connectivity index (χ4v) is 4.81. The van der Waals surface area contributed by atoms with Gasteiger partial charge in [-0.15, -0.1) is 0 Å². The molecule has 0 N–H and O–H groups in total. The smallest absolute Gasteiger partial charge is 0.338 e. The zero-order chi connectivity index (χ0) is 23.4. The Morgan fingerprint density at radius 3 is 2.64 bits per heavy atom. The monoisotopic (exact) mass is 459 g/mol. The van der Waals surface area contributed by atoms with Crippen LogP contribution in [0.15, 0.2) is 75.7 Å². The fourth-order valence-electron chi connectivity index (χ4n) is 3.80. The van der Waals surface area contributed by atoms with Crippen molar-refractivity contribution in [3.8, 4) is 11.8 Å². The number of esters is 1. The molecule has 0 radical (unpaired) electrons. The van der Waals surface area contributed by atoms with E-state index in [1.807, 2.05) is 55.5 Å². The average molecular weight is 460 g/mol. The predicted octanol–water partition coefficient (Wildman–Crippen LogP) is 2.70. The molecule has 33 heavy (non-hydrogen) atoms. The van der Waals surface area contributed by atoms with E-state index in [1.54, 1.807) is 22.8 Å². The van der Waals surface area contributed by atoms with E-state index < -0.39 is 12.0 Å². The number of carbonyl (C=O) groups is 1. The summed E-state index contributed by atoms with van der Waals surface area (Å²) >= 11 is 1.25. The minimum atomic E-state index is -0.642. The second-order valence-corrected chi connectivity index (χ2v) is 8.19. The first kappa shape index (κ1) is 22.2. The number of benzene rings is 2. The number of allylic oxidation sites excluding steroid dienone is 1. The standard InChI is InChI=1S/C25H21N3O4S/c1-3-18-21(24(30)31-2)22(16-9-5-4-6-10-16)28-23(29)20(33-25(28)27-18)15-17-11-7-8-12-19(17)32-14-13-26/h4-12,15,22H,3,14H2,1-2H3/b20-15-/t22-/m1/s1. The lowest BCUT2D eigenvalue weighted by Gasteiger charge is -2.25. The van der Waals surface area contributed by atoms with Gasteiger partial charge in [0.25, 0.3) is 5.56 Å². The number of methoxy groups -OCH3 is 1. The first-order valence-electron chi connectivity index (χ1n) is 10.4. The van der Waals surface area contributed by atoms with Gasteiger partial charge in [-0.1, -0.05) is 66.8 Å². The van der Waals surface area contributed by atoms with E-state index >= 15 is 0 Å². The Bertz CT molecular complexity index is 1450. The Hall–Kier alpha value is -3.96. The highest BCUT2D eigenvalue weighted by atomic mass is 32.1. The summed E-state index contributed by atoms with van der Waals surface area (Å²) in [7, 11) is 1.33. The summed E-state index contributed by atoms with van der Waals surface area (Å²) in [4.78, 5) is 31.5. The maximum absolute atomic E-state index is 13.6. The first-order chi connectivity index (χ1) is 16.1. The Morgan fingerprint density at radius 2 is 1.94 bits per heavy atom. The van der Waals surface area contributed by atoms with Crippen LogP contribution >= 0.6 is 11.3 Å². The van der Waals surface area contributed by atoms with E-state index in [1.165, 1.54) is 18.4 Å². The lowest BCUT2D eigenvalue weighted by atomic mass is 9.95. The van der Waals surface area contributed by atoms with Crippen molar-refractivity contribution in [3.63, 3.8) is 0 Å². The molecule has 0 bridgehead atoms. The zero-order valence-electron chi connectivity index (χ0n) is 18.1. The van der Waals surface area contributed by atoms with Crippen molar-refractivity contribution in [1.29, 1.82) is 5.26 Å². The molecule has 166 valence electrons. The summed E-state index contributed by atoms with van der Waals surface area (Å²) in [5.74, 6) is 0.00275. The lowest BCUT2D eigenvalue weighted by molar-refractivity contribution is -0.136. The van der Waals surface area contributed by atoms with Crippen molar-refractivity contribution < 1.29 is 14.3 Å². The van der Waals surface area contributed by atoms with Gasteiger partial charge in [-0.05, 0) is 24.1 Å². The molecular weight excluding hydrogens is 438 g/mol. The van der Waals surface area contributed by atoms with Crippen molar-refractivity contribution >= 4 is 23.4 Å². The molecule has 0 unspecified atom stereocenters. The third kappa shape index (κ3) is 4.23. The van der Waals surface area contributed by atoms with Crippen LogP contribution in [0, 0.1) is 11.3 Å². The molecule has 4 rings (SSSR count). The van der Waals surface area contributed by atoms with Crippen LogP contribution in [0.2, 0.25) is 0 Å². The van der Waals surface area contributed by atoms with Gasteiger partial charge in [-0.25, -0.2) is 9.79 Å². The second kappa shape index (κ2) is 9.67. The Labute approximate surface area is 194 Å². The van der Waals surface area contributed by atoms with Crippen molar-refractivity contribution in [2.24, 2.45) is 4.99 Å². The minimum absolute atomic E-state index is 0.0948. The van der Waals surface area contributed by atoms with Gasteiger partial charge in [0.2, 0.25) is 0 Å². The molecular formula is C25H21N3O4S. The van der Waals surface area contributed by atoms with Crippen LogP contribution in [0.1, 0.15) is 30.5 Å². The van der Waals surface area contributed by atoms with Gasteiger partial charge in [0.05, 0.1) is 29.0 Å². The summed E-state index contributed by atoms with van der Waals surface area (Å²) in [5, 5.41) is 8.85. The lowest BCUT2D eigenvalue weighted by Crippen LogP contribution is -2.40. The molecule has 7 nitrogen and oxygen atoms in total. The molecule has 0 saturated carbocycles. The van der Waals surface area contributed by atoms with E-state index in [2.05, 4.69) is 4.99 Å². The van der Waals surface area contributed by atoms with Crippen molar-refractivity contribution in [1.82, 2.24) is 4.57 Å². The minimum Gasteiger partial charge on any atom is -0.478 e. The second-order valence-electron chi connectivity index (χ2n) is 7.18. The predicted molar refractivity (Wildman–Crippen MR) is 124 cm³/mol. The summed E-state index contributed by atoms with van der Waals surface area (Å²) < 4.78 is 12.6. The maximum Gasteiger partial charge on any atom is 0.338 e. The summed E-state index contributed by atoms with van der Waals surface area (Å²) in [6, 6.07) is 17.9. The summed E-state index contributed by atoms with van der Waals surface area (Å²) in [6.07, 6.45) is 2.25. The van der Waals surface area contributed by atoms with Crippen LogP contribution in [0.4, 0.5) is 0 Å². The number of nitriles is 1. The topological polar surface area (TPSA) is 93.7 Å². The van der Waals surface area contributed by atoms with Crippen molar-refractivity contribution in [2.75, 3.05) is 13.7 Å². The van der Waals surface area contributed by atoms with Crippen LogP contribution in [0.25, 0.3) is 6.08 Å². The SMILES string of the molecule is CCC1=C(C(=O)OC)[C@@H](c2ccccc2)n2c(s/c(=C\c3ccccc3OCC#N)c2=O)=N1. The highest BCUT2D eigenvalue weighted by molar-refractivity contribution is 7.07. The number of para-hydroxylation sites is 1. The van der Waals surface area contributed by atoms with Gasteiger partial charge in [-0.3, -0.25) is 9.36 Å². The molecule has 2 heterocycles. The number of hydrogen-bond acceptors (Lipinski definition) is 7. The molecule has 8 heteroatoms. The molecule has 0 amide bonds. The van der Waals surface area contributed by atoms with Gasteiger partial charge in [-0.2, -0.15) is 5.26 Å². The van der Waals surface area contributed by atoms with E-state index in [0.29, 0.717) is 38.3 Å². The van der Waals surface area contributed by atoms with Crippen LogP contribution in [-0.4, -0.2) is 24.3 Å². The van der Waals surface area contributed by atoms with E-state index in [9.17, 15) is 9.59 Å². The van der Waals surface area contributed by atoms with Gasteiger partial charge < -0.3 is 9.47 Å². The van der Waals surface area contributed by atoms with Crippen molar-refractivity contribution in [2.45, 2.75) is 19.4 Å². The van der Waals surface area contributed by atoms with E-state index in [-0.39, 0.29) is 12.2 Å².